The quantitative estimate of drug-likeness (QED) is 0.774. The van der Waals surface area contributed by atoms with E-state index in [4.69, 9.17) is 10.5 Å². The molecule has 8 nitrogen and oxygen atoms in total. The molecule has 0 spiro atoms. The Labute approximate surface area is 157 Å². The van der Waals surface area contributed by atoms with Crippen LogP contribution in [0.25, 0.3) is 0 Å². The minimum absolute atomic E-state index is 0.149. The first-order valence-electron chi connectivity index (χ1n) is 8.51. The van der Waals surface area contributed by atoms with Crippen LogP contribution in [0.4, 0.5) is 16.2 Å². The van der Waals surface area contributed by atoms with Gasteiger partial charge in [-0.25, -0.2) is 18.4 Å². The van der Waals surface area contributed by atoms with Gasteiger partial charge in [0.25, 0.3) is 0 Å². The van der Waals surface area contributed by atoms with Crippen molar-refractivity contribution in [2.24, 2.45) is 0 Å². The van der Waals surface area contributed by atoms with Crippen molar-refractivity contribution in [2.75, 3.05) is 36.6 Å². The van der Waals surface area contributed by atoms with Crippen molar-refractivity contribution in [3.63, 3.8) is 0 Å². The average Bonchev–Trinajstić information content (AvgIpc) is 2.78. The highest BCUT2D eigenvalue weighted by molar-refractivity contribution is 7.89. The number of halogens is 1. The van der Waals surface area contributed by atoms with Crippen molar-refractivity contribution < 1.29 is 17.5 Å². The number of hydrogen-bond acceptors (Lipinski definition) is 8. The summed E-state index contributed by atoms with van der Waals surface area (Å²) in [7, 11) is -3.30. The fourth-order valence-electron chi connectivity index (χ4n) is 3.11. The Bertz CT molecular complexity index is 918. The summed E-state index contributed by atoms with van der Waals surface area (Å²) in [5.74, 6) is -0.280. The minimum Gasteiger partial charge on any atom is -0.379 e. The molecule has 10 heteroatoms. The molecule has 1 atom stereocenters. The predicted octanol–water partition coefficient (Wildman–Crippen LogP) is 1.41. The van der Waals surface area contributed by atoms with Crippen LogP contribution in [0.3, 0.4) is 0 Å². The van der Waals surface area contributed by atoms with Gasteiger partial charge in [0.05, 0.1) is 24.1 Å². The van der Waals surface area contributed by atoms with Crippen LogP contribution in [0.5, 0.6) is 0 Å². The molecule has 27 heavy (non-hydrogen) atoms. The van der Waals surface area contributed by atoms with Gasteiger partial charge in [-0.2, -0.15) is 9.37 Å². The third kappa shape index (κ3) is 4.89. The smallest absolute Gasteiger partial charge is 0.222 e. The van der Waals surface area contributed by atoms with Crippen molar-refractivity contribution in [3.8, 4) is 0 Å². The number of rotatable bonds is 4. The van der Waals surface area contributed by atoms with Crippen LogP contribution in [0.2, 0.25) is 0 Å². The van der Waals surface area contributed by atoms with Gasteiger partial charge in [0, 0.05) is 36.7 Å². The van der Waals surface area contributed by atoms with Gasteiger partial charge < -0.3 is 15.4 Å². The molecule has 3 heterocycles. The SMILES string of the molecule is Cc1cc(N2CCCOCC2c2ccc(CS(C)(=O)=O)nc2F)nc(N)n1. The van der Waals surface area contributed by atoms with E-state index in [0.29, 0.717) is 30.2 Å². The first kappa shape index (κ1) is 19.4. The van der Waals surface area contributed by atoms with Crippen LogP contribution in [0, 0.1) is 12.9 Å². The van der Waals surface area contributed by atoms with E-state index < -0.39 is 21.8 Å². The number of sulfone groups is 1. The van der Waals surface area contributed by atoms with Gasteiger partial charge in [-0.3, -0.25) is 0 Å². The Morgan fingerprint density at radius 2 is 2.11 bits per heavy atom. The van der Waals surface area contributed by atoms with Crippen molar-refractivity contribution in [1.82, 2.24) is 15.0 Å². The second-order valence-electron chi connectivity index (χ2n) is 6.62. The zero-order valence-corrected chi connectivity index (χ0v) is 16.0. The maximum Gasteiger partial charge on any atom is 0.222 e. The summed E-state index contributed by atoms with van der Waals surface area (Å²) in [6.07, 6.45) is 1.84. The van der Waals surface area contributed by atoms with E-state index in [9.17, 15) is 12.8 Å². The molecule has 1 unspecified atom stereocenters. The number of pyridine rings is 1. The molecule has 1 aliphatic heterocycles. The molecule has 3 rings (SSSR count). The number of anilines is 2. The molecule has 1 fully saturated rings. The van der Waals surface area contributed by atoms with Crippen molar-refractivity contribution in [3.05, 3.63) is 41.1 Å². The van der Waals surface area contributed by atoms with Gasteiger partial charge in [-0.15, -0.1) is 0 Å². The molecule has 2 aromatic heterocycles. The number of hydrogen-bond donors (Lipinski definition) is 1. The number of aryl methyl sites for hydroxylation is 1. The number of nitrogens with two attached hydrogens (primary N) is 1. The molecule has 0 bridgehead atoms. The number of nitrogen functional groups attached to an aromatic ring is 1. The highest BCUT2D eigenvalue weighted by atomic mass is 32.2. The zero-order chi connectivity index (χ0) is 19.6. The Kier molecular flexibility index (Phi) is 5.56. The van der Waals surface area contributed by atoms with Gasteiger partial charge in [0.1, 0.15) is 5.82 Å². The molecule has 0 aromatic carbocycles. The van der Waals surface area contributed by atoms with Gasteiger partial charge in [-0.1, -0.05) is 6.07 Å². The van der Waals surface area contributed by atoms with E-state index in [0.717, 1.165) is 12.7 Å². The standard InChI is InChI=1S/C17H22FN5O3S/c1-11-8-15(22-17(19)20-11)23-6-3-7-26-9-14(23)13-5-4-12(21-16(13)18)10-27(2,24)25/h4-5,8,14H,3,6-7,9-10H2,1-2H3,(H2,19,20,22). The van der Waals surface area contributed by atoms with Gasteiger partial charge in [0.15, 0.2) is 9.84 Å². The summed E-state index contributed by atoms with van der Waals surface area (Å²) in [4.78, 5) is 14.1. The maximum atomic E-state index is 14.7. The van der Waals surface area contributed by atoms with Crippen molar-refractivity contribution >= 4 is 21.6 Å². The Balaban J connectivity index is 1.98. The Hall–Kier alpha value is -2.33. The molecule has 0 aliphatic carbocycles. The van der Waals surface area contributed by atoms with Crippen LogP contribution < -0.4 is 10.6 Å². The lowest BCUT2D eigenvalue weighted by Gasteiger charge is -2.31. The van der Waals surface area contributed by atoms with Crippen LogP contribution in [0.1, 0.15) is 29.4 Å². The highest BCUT2D eigenvalue weighted by Crippen LogP contribution is 2.30. The predicted molar refractivity (Wildman–Crippen MR) is 99.4 cm³/mol. The van der Waals surface area contributed by atoms with E-state index >= 15 is 0 Å². The summed E-state index contributed by atoms with van der Waals surface area (Å²) >= 11 is 0. The molecule has 0 radical (unpaired) electrons. The lowest BCUT2D eigenvalue weighted by atomic mass is 10.1. The largest absolute Gasteiger partial charge is 0.379 e. The van der Waals surface area contributed by atoms with Crippen LogP contribution >= 0.6 is 0 Å². The zero-order valence-electron chi connectivity index (χ0n) is 15.2. The lowest BCUT2D eigenvalue weighted by Crippen LogP contribution is -2.32. The van der Waals surface area contributed by atoms with Crippen LogP contribution in [-0.2, 0) is 20.3 Å². The molecule has 2 N–H and O–H groups in total. The molecule has 0 amide bonds. The number of ether oxygens (including phenoxy) is 1. The van der Waals surface area contributed by atoms with E-state index in [-0.39, 0.29) is 24.0 Å². The third-order valence-corrected chi connectivity index (χ3v) is 5.02. The van der Waals surface area contributed by atoms with Crippen LogP contribution in [-0.4, -0.2) is 49.4 Å². The van der Waals surface area contributed by atoms with Gasteiger partial charge in [0.2, 0.25) is 11.9 Å². The lowest BCUT2D eigenvalue weighted by molar-refractivity contribution is 0.133. The second-order valence-corrected chi connectivity index (χ2v) is 8.76. The molecule has 146 valence electrons. The Morgan fingerprint density at radius 1 is 1.33 bits per heavy atom. The monoisotopic (exact) mass is 395 g/mol. The summed E-state index contributed by atoms with van der Waals surface area (Å²) in [6.45, 7) is 3.22. The van der Waals surface area contributed by atoms with E-state index in [1.54, 1.807) is 12.1 Å². The van der Waals surface area contributed by atoms with Gasteiger partial charge in [-0.05, 0) is 19.4 Å². The number of nitrogens with zero attached hydrogens (tertiary/aromatic N) is 4. The number of aromatic nitrogens is 3. The van der Waals surface area contributed by atoms with E-state index in [2.05, 4.69) is 15.0 Å². The Morgan fingerprint density at radius 3 is 2.78 bits per heavy atom. The fourth-order valence-corrected chi connectivity index (χ4v) is 3.81. The van der Waals surface area contributed by atoms with Gasteiger partial charge >= 0.3 is 0 Å². The molecule has 0 saturated carbocycles. The summed E-state index contributed by atoms with van der Waals surface area (Å²) in [6, 6.07) is 4.42. The average molecular weight is 395 g/mol. The second kappa shape index (κ2) is 7.73. The van der Waals surface area contributed by atoms with Crippen molar-refractivity contribution in [2.45, 2.75) is 25.1 Å². The molecular formula is C17H22FN5O3S. The third-order valence-electron chi connectivity index (χ3n) is 4.20. The fraction of sp³-hybridized carbons (Fsp3) is 0.471. The topological polar surface area (TPSA) is 111 Å². The summed E-state index contributed by atoms with van der Waals surface area (Å²) < 4.78 is 43.2. The molecule has 1 saturated heterocycles. The molecule has 1 aliphatic rings. The van der Waals surface area contributed by atoms with Crippen molar-refractivity contribution in [1.29, 1.82) is 0 Å². The van der Waals surface area contributed by atoms with E-state index in [1.807, 2.05) is 11.8 Å². The molecular weight excluding hydrogens is 373 g/mol. The maximum absolute atomic E-state index is 14.7. The summed E-state index contributed by atoms with van der Waals surface area (Å²) in [5.41, 5.74) is 6.98. The minimum atomic E-state index is -3.30. The summed E-state index contributed by atoms with van der Waals surface area (Å²) in [5, 5.41) is 0. The highest BCUT2D eigenvalue weighted by Gasteiger charge is 2.28. The van der Waals surface area contributed by atoms with Crippen LogP contribution in [0.15, 0.2) is 18.2 Å². The first-order valence-corrected chi connectivity index (χ1v) is 10.6. The van der Waals surface area contributed by atoms with E-state index in [1.165, 1.54) is 6.07 Å². The normalized spacial score (nSPS) is 18.3. The molecule has 2 aromatic rings. The first-order chi connectivity index (χ1) is 12.7.